The Kier molecular flexibility index (Phi) is 7.12. The molecule has 0 unspecified atom stereocenters. The first kappa shape index (κ1) is 12.0. The van der Waals surface area contributed by atoms with E-state index in [-0.39, 0.29) is 0 Å². The van der Waals surface area contributed by atoms with Gasteiger partial charge in [-0.3, -0.25) is 0 Å². The van der Waals surface area contributed by atoms with Crippen molar-refractivity contribution in [2.24, 2.45) is 0 Å². The number of methoxy groups -OCH3 is 1. The molecule has 84 valence electrons. The van der Waals surface area contributed by atoms with Crippen molar-refractivity contribution in [3.05, 3.63) is 0 Å². The van der Waals surface area contributed by atoms with Gasteiger partial charge in [0.25, 0.3) is 0 Å². The van der Waals surface area contributed by atoms with E-state index in [1.807, 2.05) is 7.11 Å². The van der Waals surface area contributed by atoms with Crippen LogP contribution in [0.25, 0.3) is 0 Å². The Morgan fingerprint density at radius 1 is 0.643 bits per heavy atom. The third-order valence-electron chi connectivity index (χ3n) is 3.39. The zero-order chi connectivity index (χ0) is 10.1. The summed E-state index contributed by atoms with van der Waals surface area (Å²) in [6.07, 6.45) is 16.3. The Morgan fingerprint density at radius 3 is 1.29 bits per heavy atom. The molecule has 0 atom stereocenters. The molecule has 0 spiro atoms. The van der Waals surface area contributed by atoms with Gasteiger partial charge in [-0.1, -0.05) is 57.8 Å². The van der Waals surface area contributed by atoms with Gasteiger partial charge in [-0.05, 0) is 12.8 Å². The fourth-order valence-corrected chi connectivity index (χ4v) is 2.36. The molecule has 0 aromatic rings. The van der Waals surface area contributed by atoms with E-state index < -0.39 is 0 Å². The molecule has 0 heterocycles. The summed E-state index contributed by atoms with van der Waals surface area (Å²) in [5.41, 5.74) is 0. The lowest BCUT2D eigenvalue weighted by Crippen LogP contribution is -2.13. The van der Waals surface area contributed by atoms with E-state index in [4.69, 9.17) is 4.74 Å². The fourth-order valence-electron chi connectivity index (χ4n) is 2.36. The van der Waals surface area contributed by atoms with Crippen LogP contribution < -0.4 is 0 Å². The predicted molar refractivity (Wildman–Crippen MR) is 61.6 cm³/mol. The van der Waals surface area contributed by atoms with Gasteiger partial charge in [-0.2, -0.15) is 0 Å². The van der Waals surface area contributed by atoms with Crippen LogP contribution in [0.2, 0.25) is 0 Å². The van der Waals surface area contributed by atoms with E-state index in [9.17, 15) is 0 Å². The first-order valence-electron chi connectivity index (χ1n) is 6.46. The largest absolute Gasteiger partial charge is 0.381 e. The summed E-state index contributed by atoms with van der Waals surface area (Å²) in [5.74, 6) is 0. The van der Waals surface area contributed by atoms with Crippen molar-refractivity contribution in [1.29, 1.82) is 0 Å². The van der Waals surface area contributed by atoms with Crippen LogP contribution in [-0.2, 0) is 4.74 Å². The standard InChI is InChI=1S/C7H14O.C6H12/c1-8-7-5-3-2-4-6-7;1-2-4-6-5-3-1/h7H,2-6H2,1H3;1-6H2. The van der Waals surface area contributed by atoms with E-state index in [1.165, 1.54) is 70.6 Å². The summed E-state index contributed by atoms with van der Waals surface area (Å²) in [6, 6.07) is 0. The van der Waals surface area contributed by atoms with Crippen molar-refractivity contribution in [2.45, 2.75) is 76.7 Å². The van der Waals surface area contributed by atoms with Crippen molar-refractivity contribution in [3.8, 4) is 0 Å². The molecule has 0 aliphatic heterocycles. The smallest absolute Gasteiger partial charge is 0.0571 e. The Bertz CT molecular complexity index is 101. The van der Waals surface area contributed by atoms with Gasteiger partial charge in [-0.15, -0.1) is 0 Å². The highest BCUT2D eigenvalue weighted by Crippen LogP contribution is 2.19. The maximum Gasteiger partial charge on any atom is 0.0571 e. The van der Waals surface area contributed by atoms with Crippen LogP contribution in [0.15, 0.2) is 0 Å². The molecule has 1 heteroatoms. The molecule has 0 amide bonds. The lowest BCUT2D eigenvalue weighted by molar-refractivity contribution is 0.0710. The molecule has 14 heavy (non-hydrogen) atoms. The molecule has 2 saturated carbocycles. The maximum atomic E-state index is 5.19. The van der Waals surface area contributed by atoms with Gasteiger partial charge < -0.3 is 4.74 Å². The Balaban J connectivity index is 0.000000146. The molecule has 2 aliphatic carbocycles. The van der Waals surface area contributed by atoms with Crippen molar-refractivity contribution < 1.29 is 4.74 Å². The maximum absolute atomic E-state index is 5.19. The minimum atomic E-state index is 0.587. The van der Waals surface area contributed by atoms with Gasteiger partial charge >= 0.3 is 0 Å². The van der Waals surface area contributed by atoms with E-state index in [2.05, 4.69) is 0 Å². The van der Waals surface area contributed by atoms with E-state index >= 15 is 0 Å². The minimum Gasteiger partial charge on any atom is -0.381 e. The van der Waals surface area contributed by atoms with Crippen LogP contribution in [0, 0.1) is 0 Å². The molecule has 0 aromatic heterocycles. The van der Waals surface area contributed by atoms with E-state index in [0.717, 1.165) is 0 Å². The second-order valence-electron chi connectivity index (χ2n) is 4.62. The fraction of sp³-hybridized carbons (Fsp3) is 1.00. The second kappa shape index (κ2) is 8.28. The summed E-state index contributed by atoms with van der Waals surface area (Å²) in [7, 11) is 1.82. The average molecular weight is 198 g/mol. The van der Waals surface area contributed by atoms with Crippen LogP contribution in [0.1, 0.15) is 70.6 Å². The molecule has 0 aromatic carbocycles. The molecule has 1 nitrogen and oxygen atoms in total. The van der Waals surface area contributed by atoms with Crippen LogP contribution >= 0.6 is 0 Å². The summed E-state index contributed by atoms with van der Waals surface area (Å²) < 4.78 is 5.19. The molecule has 0 saturated heterocycles. The first-order valence-corrected chi connectivity index (χ1v) is 6.46. The van der Waals surface area contributed by atoms with Crippen LogP contribution in [-0.4, -0.2) is 13.2 Å². The Labute approximate surface area is 89.2 Å². The molecule has 2 rings (SSSR count). The Morgan fingerprint density at radius 2 is 1.00 bits per heavy atom. The zero-order valence-electron chi connectivity index (χ0n) is 9.76. The van der Waals surface area contributed by atoms with Gasteiger partial charge in [-0.25, -0.2) is 0 Å². The molecule has 0 radical (unpaired) electrons. The number of hydrogen-bond acceptors (Lipinski definition) is 1. The van der Waals surface area contributed by atoms with Gasteiger partial charge in [0.1, 0.15) is 0 Å². The third kappa shape index (κ3) is 5.64. The zero-order valence-corrected chi connectivity index (χ0v) is 9.76. The van der Waals surface area contributed by atoms with Crippen molar-refractivity contribution >= 4 is 0 Å². The predicted octanol–water partition coefficient (Wildman–Crippen LogP) is 4.31. The summed E-state index contributed by atoms with van der Waals surface area (Å²) in [5, 5.41) is 0. The first-order chi connectivity index (χ1) is 6.93. The lowest BCUT2D eigenvalue weighted by Gasteiger charge is -2.19. The second-order valence-corrected chi connectivity index (χ2v) is 4.62. The molecular formula is C13H26O. The third-order valence-corrected chi connectivity index (χ3v) is 3.39. The highest BCUT2D eigenvalue weighted by atomic mass is 16.5. The summed E-state index contributed by atoms with van der Waals surface area (Å²) >= 11 is 0. The van der Waals surface area contributed by atoms with Crippen molar-refractivity contribution in [2.75, 3.05) is 7.11 Å². The monoisotopic (exact) mass is 198 g/mol. The number of rotatable bonds is 1. The van der Waals surface area contributed by atoms with Crippen molar-refractivity contribution in [1.82, 2.24) is 0 Å². The van der Waals surface area contributed by atoms with Gasteiger partial charge in [0, 0.05) is 7.11 Å². The normalized spacial score (nSPS) is 23.8. The topological polar surface area (TPSA) is 9.23 Å². The highest BCUT2D eigenvalue weighted by molar-refractivity contribution is 4.63. The van der Waals surface area contributed by atoms with Gasteiger partial charge in [0.2, 0.25) is 0 Å². The number of hydrogen-bond donors (Lipinski definition) is 0. The number of ether oxygens (including phenoxy) is 1. The Hall–Kier alpha value is -0.0400. The average Bonchev–Trinajstić information content (AvgIpc) is 2.33. The quantitative estimate of drug-likeness (QED) is 0.610. The molecule has 0 N–H and O–H groups in total. The molecule has 2 aliphatic rings. The minimum absolute atomic E-state index is 0.587. The summed E-state index contributed by atoms with van der Waals surface area (Å²) in [4.78, 5) is 0. The van der Waals surface area contributed by atoms with Crippen LogP contribution in [0.3, 0.4) is 0 Å². The van der Waals surface area contributed by atoms with Crippen LogP contribution in [0.4, 0.5) is 0 Å². The molecule has 0 bridgehead atoms. The van der Waals surface area contributed by atoms with E-state index in [1.54, 1.807) is 0 Å². The van der Waals surface area contributed by atoms with Gasteiger partial charge in [0.15, 0.2) is 0 Å². The highest BCUT2D eigenvalue weighted by Gasteiger charge is 2.10. The van der Waals surface area contributed by atoms with Gasteiger partial charge in [0.05, 0.1) is 6.10 Å². The SMILES string of the molecule is C1CCCCC1.COC1CCCCC1. The summed E-state index contributed by atoms with van der Waals surface area (Å²) in [6.45, 7) is 0. The van der Waals surface area contributed by atoms with E-state index in [0.29, 0.717) is 6.10 Å². The van der Waals surface area contributed by atoms with Crippen LogP contribution in [0.5, 0.6) is 0 Å². The van der Waals surface area contributed by atoms with Crippen molar-refractivity contribution in [3.63, 3.8) is 0 Å². The molecular weight excluding hydrogens is 172 g/mol. The molecule has 2 fully saturated rings. The lowest BCUT2D eigenvalue weighted by atomic mass is 9.98.